The van der Waals surface area contributed by atoms with Gasteiger partial charge in [0.1, 0.15) is 18.1 Å². The molecule has 7 aromatic rings. The number of imidazole rings is 1. The number of nitrogens with two attached hydrogens (primary N) is 1. The van der Waals surface area contributed by atoms with Crippen LogP contribution in [0, 0.1) is 38.6 Å². The number of anilines is 1. The van der Waals surface area contributed by atoms with E-state index in [9.17, 15) is 68.4 Å². The van der Waals surface area contributed by atoms with Crippen LogP contribution in [-0.2, 0) is 22.7 Å². The first-order valence-electron chi connectivity index (χ1n) is 37.4. The Labute approximate surface area is 685 Å². The van der Waals surface area contributed by atoms with E-state index in [0.717, 1.165) is 24.0 Å². The number of unbranched alkanes of at least 4 members (excludes halogenated alkanes) is 4. The minimum Gasteiger partial charge on any atom is -0.871 e. The molecule has 0 spiro atoms. The Bertz CT molecular complexity index is 4360. The summed E-state index contributed by atoms with van der Waals surface area (Å²) in [4.78, 5) is 161. The van der Waals surface area contributed by atoms with Crippen LogP contribution in [0.5, 0.6) is 28.9 Å². The number of phenolic OH excluding ortho intramolecular Hbond substituents is 2. The molecule has 0 aliphatic carbocycles. The average molecular weight is 1700 g/mol. The summed E-state index contributed by atoms with van der Waals surface area (Å²) in [6, 6.07) is 23.4. The van der Waals surface area contributed by atoms with Crippen LogP contribution >= 0.6 is 0 Å². The third-order valence-electron chi connectivity index (χ3n) is 19.3. The Morgan fingerprint density at radius 1 is 0.469 bits per heavy atom. The van der Waals surface area contributed by atoms with Crippen LogP contribution in [0.2, 0.25) is 0 Å². The van der Waals surface area contributed by atoms with Gasteiger partial charge in [-0.15, -0.1) is 0 Å². The quantitative estimate of drug-likeness (QED) is 0.0570. The van der Waals surface area contributed by atoms with Crippen LogP contribution < -0.4 is 73.9 Å². The van der Waals surface area contributed by atoms with Gasteiger partial charge in [-0.25, -0.2) is 4.98 Å². The van der Waals surface area contributed by atoms with Crippen LogP contribution in [0.3, 0.4) is 0 Å². The standard InChI is InChI=1S/C77H97N19O15.CH4.Tb/c78-77-91-67-62(88-48-89-67)76(92-77)111-47-50-24-22-49(23-25-50)45-87-61(98)21-4-2-1-3-20-60(97)79-26-6-5-11-51-46-96-40-33-86-73(108)57-17-9-16-56(65(57)101)70(105)82-29-36-94(37-30-85-74(109)58-18-10-19-59(66(58)102)75(110)90-51)42-41-93-34-27-80-68(103)52-12-7-14-54(63(52)99)71(106)83-31-38-95(43-44-96)39-32-84-72(107)55-15-8-13-53(64(55)100)69(104)81-28-35-93;;/h7-10,12-19,22-25,48,51,99-102H,1-6,11,20-21,26-47H2,(H,79,97)(H,80,103)(H,81,104)(H,82,105)(H,83,106)(H,84,107)(H,85,109)(H,86,108)(H,87,98)(H,90,110)(H3,78,88,89,91,92);1H4;/q;;+3/p-2. The molecule has 0 radical (unpaired) electrons. The molecule has 35 heteroatoms. The molecule has 604 valence electrons. The van der Waals surface area contributed by atoms with Crippen molar-refractivity contribution < 1.29 is 112 Å². The molecular weight excluding hydrogens is 1600 g/mol. The Hall–Kier alpha value is -10.7. The molecule has 0 saturated heterocycles. The molecule has 15 N–H and O–H groups in total. The van der Waals surface area contributed by atoms with Gasteiger partial charge in [-0.1, -0.05) is 105 Å². The third-order valence-corrected chi connectivity index (χ3v) is 19.3. The first-order chi connectivity index (χ1) is 53.8. The van der Waals surface area contributed by atoms with Crippen LogP contribution in [0.1, 0.15) is 159 Å². The number of para-hydroxylation sites is 4. The van der Waals surface area contributed by atoms with Gasteiger partial charge >= 0.3 is 38.6 Å². The number of hydrogen-bond donors (Lipinski definition) is 14. The second-order valence-electron chi connectivity index (χ2n) is 27.2. The fourth-order valence-electron chi connectivity index (χ4n) is 13.1. The number of aromatic hydroxyl groups is 2. The number of amides is 10. The summed E-state index contributed by atoms with van der Waals surface area (Å²) in [5.74, 6) is -8.49. The minimum atomic E-state index is -0.812. The van der Waals surface area contributed by atoms with Crippen molar-refractivity contribution in [2.45, 2.75) is 84.4 Å². The van der Waals surface area contributed by atoms with Crippen molar-refractivity contribution in [1.82, 2.24) is 92.7 Å². The van der Waals surface area contributed by atoms with Gasteiger partial charge in [0, 0.05) is 179 Å². The van der Waals surface area contributed by atoms with E-state index >= 15 is 0 Å². The molecule has 10 amide bonds. The van der Waals surface area contributed by atoms with E-state index in [4.69, 9.17) is 10.5 Å². The molecule has 6 heterocycles. The number of H-pyrrole nitrogens is 1. The molecule has 2 aromatic heterocycles. The predicted molar refractivity (Wildman–Crippen MR) is 411 cm³/mol. The molecule has 5 atom stereocenters. The van der Waals surface area contributed by atoms with Gasteiger partial charge in [0.25, 0.3) is 47.3 Å². The van der Waals surface area contributed by atoms with Crippen LogP contribution in [0.25, 0.3) is 11.2 Å². The summed E-state index contributed by atoms with van der Waals surface area (Å²) in [6.07, 6.45) is 5.96. The number of carbonyl (C=O) groups excluding carboxylic acids is 10. The zero-order chi connectivity index (χ0) is 78.6. The summed E-state index contributed by atoms with van der Waals surface area (Å²) < 4.78 is 5.87. The molecule has 4 aliphatic rings. The van der Waals surface area contributed by atoms with E-state index in [1.165, 1.54) is 79.1 Å². The van der Waals surface area contributed by atoms with E-state index in [1.807, 2.05) is 43.9 Å². The monoisotopic (exact) mass is 1700 g/mol. The third kappa shape index (κ3) is 25.9. The smallest absolute Gasteiger partial charge is 0.871 e. The van der Waals surface area contributed by atoms with Crippen molar-refractivity contribution in [3.63, 3.8) is 0 Å². The number of ether oxygens (including phenoxy) is 1. The Kier molecular flexibility index (Phi) is 34.6. The summed E-state index contributed by atoms with van der Waals surface area (Å²) in [5.41, 5.74) is 6.65. The number of aromatic nitrogens is 4. The number of nitrogen functional groups attached to an aromatic ring is 1. The Morgan fingerprint density at radius 3 is 1.27 bits per heavy atom. The van der Waals surface area contributed by atoms with E-state index < -0.39 is 76.3 Å². The summed E-state index contributed by atoms with van der Waals surface area (Å²) in [6.45, 7) is 2.09. The minimum absolute atomic E-state index is 0. The molecule has 5 unspecified atom stereocenters. The summed E-state index contributed by atoms with van der Waals surface area (Å²) in [5, 5.41) is 79.9. The fourth-order valence-corrected chi connectivity index (χ4v) is 13.1. The molecule has 0 fully saturated rings. The van der Waals surface area contributed by atoms with Gasteiger partial charge in [0.05, 0.1) is 28.6 Å². The number of rotatable bonds is 17. The van der Waals surface area contributed by atoms with Crippen LogP contribution in [0.4, 0.5) is 5.95 Å². The molecular formula is C78H99N19O15Tb+. The van der Waals surface area contributed by atoms with Gasteiger partial charge in [0.15, 0.2) is 11.2 Å². The Morgan fingerprint density at radius 2 is 0.841 bits per heavy atom. The van der Waals surface area contributed by atoms with Gasteiger partial charge < -0.3 is 89.0 Å². The fraction of sp³-hybridized carbons (Fsp3) is 0.423. The molecule has 113 heavy (non-hydrogen) atoms. The van der Waals surface area contributed by atoms with Gasteiger partial charge in [-0.05, 0) is 67.5 Å². The van der Waals surface area contributed by atoms with E-state index in [-0.39, 0.29) is 258 Å². The van der Waals surface area contributed by atoms with Gasteiger partial charge in [-0.3, -0.25) is 67.5 Å². The predicted octanol–water partition coefficient (Wildman–Crippen LogP) is 1.21. The number of carbonyl (C=O) groups is 10. The molecule has 0 saturated carbocycles. The van der Waals surface area contributed by atoms with Crippen molar-refractivity contribution in [2.24, 2.45) is 0 Å². The first-order valence-corrected chi connectivity index (χ1v) is 37.4. The number of nitrogens with zero attached hydrogens (tertiary/aromatic N) is 7. The van der Waals surface area contributed by atoms with Gasteiger partial charge in [-0.2, -0.15) is 9.97 Å². The molecule has 11 rings (SSSR count). The van der Waals surface area contributed by atoms with Crippen molar-refractivity contribution in [3.05, 3.63) is 159 Å². The zero-order valence-electron chi connectivity index (χ0n) is 62.1. The maximum Gasteiger partial charge on any atom is 3.00 e. The molecule has 34 nitrogen and oxygen atoms in total. The maximum absolute atomic E-state index is 14.7. The summed E-state index contributed by atoms with van der Waals surface area (Å²) >= 11 is 0. The first kappa shape index (κ1) is 87.8. The number of hydrogen-bond acceptors (Lipinski definition) is 23. The number of nitrogens with one attached hydrogen (secondary N) is 11. The normalized spacial score (nSPS) is 18.9. The number of benzene rings is 5. The van der Waals surface area contributed by atoms with Crippen LogP contribution in [0.15, 0.2) is 103 Å². The maximum atomic E-state index is 14.7. The van der Waals surface area contributed by atoms with Crippen molar-refractivity contribution in [2.75, 3.05) is 137 Å². The van der Waals surface area contributed by atoms with E-state index in [1.54, 1.807) is 0 Å². The Balaban J connectivity index is 0.00000800. The topological polar surface area (TPSA) is 480 Å². The van der Waals surface area contributed by atoms with E-state index in [0.29, 0.717) is 56.2 Å². The molecule has 12 bridgehead atoms. The summed E-state index contributed by atoms with van der Waals surface area (Å²) in [7, 11) is 0. The second-order valence-corrected chi connectivity index (χ2v) is 27.2. The van der Waals surface area contributed by atoms with E-state index in [2.05, 4.69) is 73.1 Å². The number of aromatic amines is 1. The second kappa shape index (κ2) is 44.5. The molecule has 5 aromatic carbocycles. The van der Waals surface area contributed by atoms with Gasteiger partial charge in [0.2, 0.25) is 23.6 Å². The number of fused-ring (bicyclic) bond motifs is 17. The van der Waals surface area contributed by atoms with Crippen molar-refractivity contribution in [3.8, 4) is 28.9 Å². The molecule has 4 aliphatic heterocycles. The van der Waals surface area contributed by atoms with Crippen molar-refractivity contribution >= 4 is 76.2 Å². The van der Waals surface area contributed by atoms with Crippen LogP contribution in [-0.4, -0.2) is 246 Å². The average Bonchev–Trinajstić information content (AvgIpc) is 1.47. The number of phenols is 2. The zero-order valence-corrected chi connectivity index (χ0v) is 64.2. The SMILES string of the molecule is C.Nc1nc(OCc2ccc(CNC(=O)CCCCCCC(=O)NCCCCC3CN4CCNC(=O)c5cccc(c5[O-])C(=O)NCCN(CCNC(=O)c5cccc(c5O)C(=O)N3)CCN3CCNC(=O)c5cccc(c5[O-])C(=O)NCCN(CCNC(=O)c5cccc(c5O)C(=O)NCC3)CC4)cc2)c2nc[nH]c2n1.[Tb+3]. The van der Waals surface area contributed by atoms with Crippen molar-refractivity contribution in [1.29, 1.82) is 0 Å². The largest absolute Gasteiger partial charge is 3.00 e.